The molecule has 7 nitrogen and oxygen atoms in total. The average Bonchev–Trinajstić information content (AvgIpc) is 3.34. The Morgan fingerprint density at radius 2 is 2.00 bits per heavy atom. The molecular formula is C21H22N4O3. The van der Waals surface area contributed by atoms with Gasteiger partial charge in [-0.2, -0.15) is 0 Å². The molecule has 28 heavy (non-hydrogen) atoms. The molecule has 0 saturated carbocycles. The van der Waals surface area contributed by atoms with E-state index in [1.807, 2.05) is 29.6 Å². The van der Waals surface area contributed by atoms with E-state index in [2.05, 4.69) is 10.6 Å². The monoisotopic (exact) mass is 378 g/mol. The van der Waals surface area contributed by atoms with Crippen LogP contribution >= 0.6 is 0 Å². The molecule has 144 valence electrons. The molecule has 0 atom stereocenters. The molecule has 2 fully saturated rings. The number of nitrogens with one attached hydrogen (secondary N) is 2. The fourth-order valence-electron chi connectivity index (χ4n) is 4.14. The summed E-state index contributed by atoms with van der Waals surface area (Å²) in [5, 5.41) is 5.91. The van der Waals surface area contributed by atoms with Crippen molar-refractivity contribution in [3.05, 3.63) is 65.7 Å². The molecule has 5 rings (SSSR count). The number of urea groups is 1. The summed E-state index contributed by atoms with van der Waals surface area (Å²) in [7, 11) is 0. The van der Waals surface area contributed by atoms with E-state index in [1.165, 1.54) is 0 Å². The van der Waals surface area contributed by atoms with E-state index in [0.717, 1.165) is 30.6 Å². The summed E-state index contributed by atoms with van der Waals surface area (Å²) in [6.45, 7) is 2.68. The highest BCUT2D eigenvalue weighted by Gasteiger charge is 2.48. The topological polar surface area (TPSA) is 73.9 Å². The third-order valence-corrected chi connectivity index (χ3v) is 5.70. The number of likely N-dealkylation sites (tertiary alicyclic amines) is 1. The third kappa shape index (κ3) is 2.97. The van der Waals surface area contributed by atoms with E-state index in [0.29, 0.717) is 30.9 Å². The van der Waals surface area contributed by atoms with Gasteiger partial charge in [0.15, 0.2) is 0 Å². The summed E-state index contributed by atoms with van der Waals surface area (Å²) < 4.78 is 5.78. The van der Waals surface area contributed by atoms with Gasteiger partial charge in [-0.3, -0.25) is 9.69 Å². The minimum absolute atomic E-state index is 0.0126. The largest absolute Gasteiger partial charge is 0.371 e. The van der Waals surface area contributed by atoms with Crippen molar-refractivity contribution < 1.29 is 14.3 Å². The second-order valence-corrected chi connectivity index (χ2v) is 7.69. The number of nitrogens with zero attached hydrogens (tertiary/aromatic N) is 2. The molecule has 0 bridgehead atoms. The van der Waals surface area contributed by atoms with Gasteiger partial charge in [0.2, 0.25) is 0 Å². The van der Waals surface area contributed by atoms with Crippen molar-refractivity contribution in [3.63, 3.8) is 0 Å². The number of fused-ring (bicyclic) bond motifs is 1. The molecule has 0 radical (unpaired) electrons. The molecular weight excluding hydrogens is 356 g/mol. The lowest BCUT2D eigenvalue weighted by Crippen LogP contribution is -2.63. The number of hydrogen-bond donors (Lipinski definition) is 2. The van der Waals surface area contributed by atoms with Crippen LogP contribution in [0.25, 0.3) is 0 Å². The van der Waals surface area contributed by atoms with Crippen LogP contribution in [0.2, 0.25) is 0 Å². The second-order valence-electron chi connectivity index (χ2n) is 7.69. The molecule has 1 spiro atoms. The van der Waals surface area contributed by atoms with E-state index in [1.54, 1.807) is 29.2 Å². The Kier molecular flexibility index (Phi) is 3.98. The Bertz CT molecular complexity index is 902. The van der Waals surface area contributed by atoms with Gasteiger partial charge in [0.1, 0.15) is 5.60 Å². The van der Waals surface area contributed by atoms with Crippen molar-refractivity contribution in [3.8, 4) is 0 Å². The highest BCUT2D eigenvalue weighted by molar-refractivity contribution is 5.96. The Labute approximate surface area is 163 Å². The summed E-state index contributed by atoms with van der Waals surface area (Å²) in [4.78, 5) is 28.6. The third-order valence-electron chi connectivity index (χ3n) is 5.70. The normalized spacial score (nSPS) is 21.6. The van der Waals surface area contributed by atoms with E-state index in [4.69, 9.17) is 4.74 Å². The van der Waals surface area contributed by atoms with E-state index in [-0.39, 0.29) is 17.5 Å². The Hall–Kier alpha value is -3.06. The zero-order valence-electron chi connectivity index (χ0n) is 15.5. The molecule has 0 aliphatic carbocycles. The lowest BCUT2D eigenvalue weighted by molar-refractivity contribution is -0.0949. The van der Waals surface area contributed by atoms with Gasteiger partial charge >= 0.3 is 6.03 Å². The van der Waals surface area contributed by atoms with Gasteiger partial charge < -0.3 is 20.3 Å². The van der Waals surface area contributed by atoms with Gasteiger partial charge in [0.25, 0.3) is 5.91 Å². The average molecular weight is 378 g/mol. The van der Waals surface area contributed by atoms with Crippen molar-refractivity contribution in [2.45, 2.75) is 18.4 Å². The van der Waals surface area contributed by atoms with Gasteiger partial charge in [0, 0.05) is 36.5 Å². The van der Waals surface area contributed by atoms with Crippen LogP contribution in [0.3, 0.4) is 0 Å². The zero-order chi connectivity index (χ0) is 19.1. The van der Waals surface area contributed by atoms with Gasteiger partial charge in [-0.1, -0.05) is 0 Å². The van der Waals surface area contributed by atoms with E-state index >= 15 is 0 Å². The summed E-state index contributed by atoms with van der Waals surface area (Å²) in [6.07, 6.45) is 9.63. The maximum Gasteiger partial charge on any atom is 0.326 e. The molecule has 0 aromatic heterocycles. The minimum Gasteiger partial charge on any atom is -0.371 e. The quantitative estimate of drug-likeness (QED) is 0.829. The first kappa shape index (κ1) is 17.1. The Morgan fingerprint density at radius 1 is 1.18 bits per heavy atom. The number of hydrogen-bond acceptors (Lipinski definition) is 4. The van der Waals surface area contributed by atoms with Crippen LogP contribution < -0.4 is 10.6 Å². The number of amides is 3. The number of dihydropyridines is 1. The summed E-state index contributed by atoms with van der Waals surface area (Å²) in [5.74, 6) is 0.0126. The van der Waals surface area contributed by atoms with Gasteiger partial charge in [-0.15, -0.1) is 0 Å². The first-order valence-corrected chi connectivity index (χ1v) is 9.57. The van der Waals surface area contributed by atoms with Crippen LogP contribution in [-0.4, -0.2) is 53.6 Å². The fourth-order valence-corrected chi connectivity index (χ4v) is 4.14. The standard InChI is InChI=1S/C21H22N4O3/c26-19(25-13-21(14-25)7-1-9-28-21)15-2-4-18(5-3-15)23-20(27)24-11-16-6-8-22-10-17(16)12-24/h2-6,8,10-11,22H,1,7,9,12-14H2,(H,23,27). The molecule has 0 unspecified atom stereocenters. The first-order chi connectivity index (χ1) is 13.6. The number of carbonyl (C=O) groups is 2. The van der Waals surface area contributed by atoms with Crippen molar-refractivity contribution in [1.82, 2.24) is 15.1 Å². The lowest BCUT2D eigenvalue weighted by atomic mass is 9.90. The number of rotatable bonds is 2. The Balaban J connectivity index is 1.19. The van der Waals surface area contributed by atoms with Crippen molar-refractivity contribution >= 4 is 17.6 Å². The second kappa shape index (κ2) is 6.53. The molecule has 1 aromatic carbocycles. The van der Waals surface area contributed by atoms with Gasteiger partial charge in [0.05, 0.1) is 19.6 Å². The first-order valence-electron chi connectivity index (χ1n) is 9.57. The van der Waals surface area contributed by atoms with Crippen LogP contribution in [0, 0.1) is 0 Å². The van der Waals surface area contributed by atoms with Crippen LogP contribution in [0.1, 0.15) is 23.2 Å². The molecule has 4 aliphatic rings. The summed E-state index contributed by atoms with van der Waals surface area (Å²) in [6, 6.07) is 6.86. The SMILES string of the molecule is O=C(Nc1ccc(C(=O)N2CC3(CCCO3)C2)cc1)N1C=C2C=CNC=C2C1. The van der Waals surface area contributed by atoms with Crippen molar-refractivity contribution in [2.75, 3.05) is 31.6 Å². The summed E-state index contributed by atoms with van der Waals surface area (Å²) >= 11 is 0. The van der Waals surface area contributed by atoms with E-state index < -0.39 is 0 Å². The van der Waals surface area contributed by atoms with Crippen LogP contribution in [-0.2, 0) is 4.74 Å². The smallest absolute Gasteiger partial charge is 0.326 e. The molecule has 4 heterocycles. The molecule has 4 aliphatic heterocycles. The van der Waals surface area contributed by atoms with Crippen molar-refractivity contribution in [2.24, 2.45) is 0 Å². The van der Waals surface area contributed by atoms with E-state index in [9.17, 15) is 9.59 Å². The molecule has 2 saturated heterocycles. The zero-order valence-corrected chi connectivity index (χ0v) is 15.5. The van der Waals surface area contributed by atoms with Crippen LogP contribution in [0.15, 0.2) is 60.1 Å². The Morgan fingerprint density at radius 3 is 2.71 bits per heavy atom. The predicted molar refractivity (Wildman–Crippen MR) is 104 cm³/mol. The number of allylic oxidation sites excluding steroid dienone is 1. The lowest BCUT2D eigenvalue weighted by Gasteiger charge is -2.47. The summed E-state index contributed by atoms with van der Waals surface area (Å²) in [5.41, 5.74) is 3.31. The highest BCUT2D eigenvalue weighted by Crippen LogP contribution is 2.35. The molecule has 3 amide bonds. The molecule has 1 aromatic rings. The predicted octanol–water partition coefficient (Wildman–Crippen LogP) is 2.42. The highest BCUT2D eigenvalue weighted by atomic mass is 16.5. The number of benzene rings is 1. The van der Waals surface area contributed by atoms with Crippen LogP contribution in [0.5, 0.6) is 0 Å². The fraction of sp³-hybridized carbons (Fsp3) is 0.333. The maximum absolute atomic E-state index is 12.6. The molecule has 7 heteroatoms. The number of carbonyl (C=O) groups excluding carboxylic acids is 2. The number of ether oxygens (including phenoxy) is 1. The van der Waals surface area contributed by atoms with Gasteiger partial charge in [-0.05, 0) is 54.3 Å². The van der Waals surface area contributed by atoms with Crippen LogP contribution in [0.4, 0.5) is 10.5 Å². The molecule has 2 N–H and O–H groups in total. The minimum atomic E-state index is -0.196. The number of anilines is 1. The van der Waals surface area contributed by atoms with Crippen molar-refractivity contribution in [1.29, 1.82) is 0 Å². The van der Waals surface area contributed by atoms with Gasteiger partial charge in [-0.25, -0.2) is 4.79 Å². The maximum atomic E-state index is 12.6.